The summed E-state index contributed by atoms with van der Waals surface area (Å²) >= 11 is 0. The van der Waals surface area contributed by atoms with Crippen LogP contribution in [0.25, 0.3) is 0 Å². The molecule has 8 rings (SSSR count). The van der Waals surface area contributed by atoms with Crippen LogP contribution in [0, 0.1) is 5.92 Å². The number of fused-ring (bicyclic) bond motifs is 3. The van der Waals surface area contributed by atoms with Gasteiger partial charge in [-0.1, -0.05) is 72.9 Å². The van der Waals surface area contributed by atoms with E-state index in [-0.39, 0.29) is 36.0 Å². The number of aliphatic hydroxyl groups is 1. The summed E-state index contributed by atoms with van der Waals surface area (Å²) in [6.07, 6.45) is 3.87. The lowest BCUT2D eigenvalue weighted by Crippen LogP contribution is -2.51. The Labute approximate surface area is 328 Å². The largest absolute Gasteiger partial charge is 0.497 e. The lowest BCUT2D eigenvalue weighted by Gasteiger charge is -2.37. The average molecular weight is 772 g/mol. The minimum atomic E-state index is -2.36. The number of carbonyl (C=O) groups is 2. The molecule has 56 heavy (non-hydrogen) atoms. The number of methoxy groups -OCH3 is 2. The Balaban J connectivity index is 1.15. The van der Waals surface area contributed by atoms with Crippen molar-refractivity contribution in [2.45, 2.75) is 76.0 Å². The van der Waals surface area contributed by atoms with Gasteiger partial charge in [0, 0.05) is 49.4 Å². The van der Waals surface area contributed by atoms with Crippen LogP contribution in [0.3, 0.4) is 0 Å². The molecular weight excluding hydrogens is 723 g/mol. The number of nitrogens with zero attached hydrogens (tertiary/aromatic N) is 5. The van der Waals surface area contributed by atoms with Crippen molar-refractivity contribution in [3.63, 3.8) is 0 Å². The summed E-state index contributed by atoms with van der Waals surface area (Å²) in [6, 6.07) is 30.2. The van der Waals surface area contributed by atoms with Gasteiger partial charge in [-0.3, -0.25) is 19.2 Å². The fraction of sp³-hybridized carbons (Fsp3) is 0.364. The van der Waals surface area contributed by atoms with Gasteiger partial charge >= 0.3 is 0 Å². The number of benzene rings is 4. The number of anilines is 3. The molecule has 12 heteroatoms. The van der Waals surface area contributed by atoms with Crippen molar-refractivity contribution >= 4 is 42.1 Å². The molecule has 1 spiro atoms. The molecular formula is C44H49N5O6Si. The molecule has 11 nitrogen and oxygen atoms in total. The van der Waals surface area contributed by atoms with Crippen LogP contribution in [-0.2, 0) is 45.9 Å². The first-order chi connectivity index (χ1) is 27.1. The van der Waals surface area contributed by atoms with Gasteiger partial charge in [0.2, 0.25) is 5.91 Å². The van der Waals surface area contributed by atoms with Crippen molar-refractivity contribution in [3.05, 3.63) is 120 Å². The molecule has 3 aliphatic heterocycles. The van der Waals surface area contributed by atoms with Crippen molar-refractivity contribution < 1.29 is 28.9 Å². The summed E-state index contributed by atoms with van der Waals surface area (Å²) in [7, 11) is 0.952. The van der Waals surface area contributed by atoms with Gasteiger partial charge in [0.15, 0.2) is 5.60 Å². The molecule has 4 atom stereocenters. The second-order valence-corrected chi connectivity index (χ2v) is 20.4. The first-order valence-corrected chi connectivity index (χ1v) is 22.5. The molecule has 1 N–H and O–H groups in total. The van der Waals surface area contributed by atoms with Gasteiger partial charge in [-0.2, -0.15) is 0 Å². The van der Waals surface area contributed by atoms with E-state index in [4.69, 9.17) is 14.2 Å². The van der Waals surface area contributed by atoms with Crippen LogP contribution >= 0.6 is 0 Å². The molecule has 1 saturated heterocycles. The van der Waals surface area contributed by atoms with Gasteiger partial charge in [0.1, 0.15) is 11.5 Å². The number of aliphatic hydroxyl groups excluding tert-OH is 1. The van der Waals surface area contributed by atoms with Gasteiger partial charge in [-0.25, -0.2) is 0 Å². The Morgan fingerprint density at radius 1 is 0.911 bits per heavy atom. The number of aromatic nitrogens is 3. The molecule has 0 unspecified atom stereocenters. The van der Waals surface area contributed by atoms with Crippen LogP contribution in [0.2, 0.25) is 18.6 Å². The second kappa shape index (κ2) is 15.0. The zero-order valence-electron chi connectivity index (χ0n) is 32.6. The Morgan fingerprint density at radius 3 is 2.38 bits per heavy atom. The summed E-state index contributed by atoms with van der Waals surface area (Å²) in [6.45, 7) is 7.82. The third-order valence-electron chi connectivity index (χ3n) is 12.3. The van der Waals surface area contributed by atoms with Crippen molar-refractivity contribution in [3.8, 4) is 11.5 Å². The van der Waals surface area contributed by atoms with Crippen LogP contribution < -0.4 is 24.5 Å². The molecule has 0 radical (unpaired) electrons. The summed E-state index contributed by atoms with van der Waals surface area (Å²) in [5, 5.41) is 19.3. The number of aryl methyl sites for hydroxylation is 2. The molecule has 4 heterocycles. The van der Waals surface area contributed by atoms with Crippen LogP contribution in [0.5, 0.6) is 11.5 Å². The maximum absolute atomic E-state index is 15.3. The third-order valence-corrected chi connectivity index (χ3v) is 16.6. The van der Waals surface area contributed by atoms with E-state index in [1.54, 1.807) is 19.1 Å². The van der Waals surface area contributed by atoms with E-state index in [0.29, 0.717) is 38.1 Å². The fourth-order valence-electron chi connectivity index (χ4n) is 9.43. The van der Waals surface area contributed by atoms with Gasteiger partial charge in [0.25, 0.3) is 5.91 Å². The van der Waals surface area contributed by atoms with Crippen molar-refractivity contribution in [2.75, 3.05) is 30.6 Å². The van der Waals surface area contributed by atoms with Crippen molar-refractivity contribution in [1.29, 1.82) is 0 Å². The van der Waals surface area contributed by atoms with Crippen LogP contribution in [0.1, 0.15) is 42.1 Å². The smallest absolute Gasteiger partial charge is 0.264 e. The number of hydrogen-bond acceptors (Lipinski definition) is 8. The maximum atomic E-state index is 15.3. The van der Waals surface area contributed by atoms with Gasteiger partial charge in [-0.05, 0) is 78.0 Å². The lowest BCUT2D eigenvalue weighted by atomic mass is 9.82. The highest BCUT2D eigenvalue weighted by Gasteiger charge is 2.66. The van der Waals surface area contributed by atoms with Crippen LogP contribution in [0.4, 0.5) is 17.1 Å². The quantitative estimate of drug-likeness (QED) is 0.147. The number of para-hydroxylation sites is 1. The highest BCUT2D eigenvalue weighted by molar-refractivity contribution is 6.91. The molecule has 1 aromatic heterocycles. The van der Waals surface area contributed by atoms with Gasteiger partial charge in [0.05, 0.1) is 52.0 Å². The van der Waals surface area contributed by atoms with E-state index in [0.717, 1.165) is 51.6 Å². The molecule has 0 saturated carbocycles. The minimum absolute atomic E-state index is 0.00641. The highest BCUT2D eigenvalue weighted by Crippen LogP contribution is 2.60. The Kier molecular flexibility index (Phi) is 10.1. The second-order valence-electron chi connectivity index (χ2n) is 15.7. The van der Waals surface area contributed by atoms with Crippen molar-refractivity contribution in [1.82, 2.24) is 15.0 Å². The topological polar surface area (TPSA) is 119 Å². The van der Waals surface area contributed by atoms with Gasteiger partial charge in [-0.15, -0.1) is 5.10 Å². The lowest BCUT2D eigenvalue weighted by molar-refractivity contribution is -0.146. The van der Waals surface area contributed by atoms with Crippen LogP contribution in [-0.4, -0.2) is 66.9 Å². The number of rotatable bonds is 12. The number of hydrogen-bond donors (Lipinski definition) is 1. The van der Waals surface area contributed by atoms with Gasteiger partial charge < -0.3 is 24.2 Å². The Bertz CT molecular complexity index is 2240. The van der Waals surface area contributed by atoms with Crippen LogP contribution in [0.15, 0.2) is 97.2 Å². The third kappa shape index (κ3) is 6.39. The first-order valence-electron chi connectivity index (χ1n) is 19.4. The predicted molar refractivity (Wildman–Crippen MR) is 218 cm³/mol. The Morgan fingerprint density at radius 2 is 1.64 bits per heavy atom. The summed E-state index contributed by atoms with van der Waals surface area (Å²) in [4.78, 5) is 32.2. The van der Waals surface area contributed by atoms with E-state index >= 15 is 4.79 Å². The summed E-state index contributed by atoms with van der Waals surface area (Å²) < 4.78 is 20.4. The fourth-order valence-corrected chi connectivity index (χ4v) is 13.5. The van der Waals surface area contributed by atoms with E-state index in [1.165, 1.54) is 5.19 Å². The van der Waals surface area contributed by atoms with Crippen molar-refractivity contribution in [2.24, 2.45) is 5.92 Å². The zero-order valence-corrected chi connectivity index (χ0v) is 33.6. The average Bonchev–Trinajstić information content (AvgIpc) is 3.87. The number of amides is 2. The van der Waals surface area contributed by atoms with E-state index in [9.17, 15) is 9.90 Å². The predicted octanol–water partition coefficient (Wildman–Crippen LogP) is 6.29. The molecule has 0 aliphatic carbocycles. The molecule has 4 aromatic carbocycles. The summed E-state index contributed by atoms with van der Waals surface area (Å²) in [5.74, 6) is 1.26. The molecule has 2 amide bonds. The molecule has 0 bridgehead atoms. The SMILES string of the molecule is COc1ccc([Si](C)(C)[C@H]2[C@H](CCn3cc(CCO)nn3)O[C@@]3(C(=O)N(Cc4ccc(N5C(=O)CCc6ccccc65)cc4)c4ccc(OC)cc43)[C@@H]2C)cc1. The molecule has 5 aromatic rings. The maximum Gasteiger partial charge on any atom is 0.264 e. The Hall–Kier alpha value is -5.30. The zero-order chi connectivity index (χ0) is 39.2. The molecule has 3 aliphatic rings. The number of carbonyl (C=O) groups excluding carboxylic acids is 2. The van der Waals surface area contributed by atoms with E-state index < -0.39 is 13.7 Å². The summed E-state index contributed by atoms with van der Waals surface area (Å²) in [5.41, 5.74) is 4.98. The molecule has 1 fully saturated rings. The highest BCUT2D eigenvalue weighted by atomic mass is 28.3. The minimum Gasteiger partial charge on any atom is -0.497 e. The first kappa shape index (κ1) is 37.6. The molecule has 290 valence electrons. The van der Waals surface area contributed by atoms with E-state index in [1.807, 2.05) is 88.6 Å². The van der Waals surface area contributed by atoms with E-state index in [2.05, 4.69) is 48.5 Å². The standard InChI is InChI=1S/C44H49N5O6Si/c1-29-42(56(4,5)36-18-15-34(53-2)16-19-36)40(22-24-47-28-32(23-25-50)45-46-47)55-44(29)37-26-35(54-3)17-20-39(37)48(43(44)52)27-30-10-13-33(14-11-30)49-38-9-7-6-8-31(38)12-21-41(49)51/h6-11,13-20,26,28-29,40,42,50H,12,21-25,27H2,1-5H3/t29-,40+,42-,44+/m1/s1. The number of ether oxygens (including phenoxy) is 3. The normalized spacial score (nSPS) is 21.8. The monoisotopic (exact) mass is 771 g/mol.